The highest BCUT2D eigenvalue weighted by atomic mass is 16.5. The summed E-state index contributed by atoms with van der Waals surface area (Å²) in [6.45, 7) is 0. The molecule has 0 saturated carbocycles. The first-order valence-corrected chi connectivity index (χ1v) is 4.00. The maximum Gasteiger partial charge on any atom is 0.333 e. The second-order valence-electron chi connectivity index (χ2n) is 2.80. The molecule has 2 aromatic rings. The van der Waals surface area contributed by atoms with Crippen LogP contribution in [0.5, 0.6) is 5.75 Å². The van der Waals surface area contributed by atoms with Crippen LogP contribution in [0.25, 0.3) is 5.52 Å². The third-order valence-corrected chi connectivity index (χ3v) is 1.92. The minimum atomic E-state index is -0.466. The lowest BCUT2D eigenvalue weighted by molar-refractivity contribution is 0.412. The zero-order chi connectivity index (χ0) is 10.1. The molecule has 0 radical (unpaired) electrons. The Labute approximate surface area is 78.6 Å². The van der Waals surface area contributed by atoms with Crippen LogP contribution in [0.2, 0.25) is 0 Å². The van der Waals surface area contributed by atoms with Gasteiger partial charge in [-0.2, -0.15) is 0 Å². The Balaban J connectivity index is 2.89. The molecule has 0 aliphatic heterocycles. The number of ether oxygens (including phenoxy) is 1. The van der Waals surface area contributed by atoms with Crippen LogP contribution >= 0.6 is 0 Å². The molecule has 5 heteroatoms. The van der Waals surface area contributed by atoms with E-state index < -0.39 is 11.2 Å². The van der Waals surface area contributed by atoms with Crippen LogP contribution in [0, 0.1) is 0 Å². The summed E-state index contributed by atoms with van der Waals surface area (Å²) in [5.74, 6) is 0.562. The number of methoxy groups -OCH3 is 1. The standard InChI is InChI=1S/C9H8N2O3/c1-14-7-3-2-6-4-8(12)10-9(13)11(6)5-7/h2-5H,1H3,(H,10,12,13). The van der Waals surface area contributed by atoms with Crippen molar-refractivity contribution in [1.82, 2.24) is 9.38 Å². The smallest absolute Gasteiger partial charge is 0.333 e. The Morgan fingerprint density at radius 3 is 2.86 bits per heavy atom. The van der Waals surface area contributed by atoms with Crippen molar-refractivity contribution in [1.29, 1.82) is 0 Å². The van der Waals surface area contributed by atoms with Crippen molar-refractivity contribution in [3.63, 3.8) is 0 Å². The molecule has 2 heterocycles. The number of nitrogens with one attached hydrogen (secondary N) is 1. The Morgan fingerprint density at radius 2 is 2.14 bits per heavy atom. The molecule has 2 aromatic heterocycles. The Kier molecular flexibility index (Phi) is 1.85. The molecule has 0 unspecified atom stereocenters. The van der Waals surface area contributed by atoms with Crippen LogP contribution in [0.3, 0.4) is 0 Å². The van der Waals surface area contributed by atoms with Gasteiger partial charge in [0.05, 0.1) is 18.8 Å². The SMILES string of the molecule is COc1ccc2cc(=O)[nH]c(=O)n2c1. The van der Waals surface area contributed by atoms with Crippen LogP contribution < -0.4 is 16.0 Å². The van der Waals surface area contributed by atoms with Crippen LogP contribution in [0.15, 0.2) is 34.0 Å². The molecular formula is C9H8N2O3. The third-order valence-electron chi connectivity index (χ3n) is 1.92. The third kappa shape index (κ3) is 1.28. The minimum Gasteiger partial charge on any atom is -0.495 e. The van der Waals surface area contributed by atoms with E-state index in [4.69, 9.17) is 4.74 Å². The zero-order valence-corrected chi connectivity index (χ0v) is 7.48. The van der Waals surface area contributed by atoms with Gasteiger partial charge in [-0.3, -0.25) is 14.2 Å². The van der Waals surface area contributed by atoms with Gasteiger partial charge in [0, 0.05) is 6.07 Å². The monoisotopic (exact) mass is 192 g/mol. The number of hydrogen-bond acceptors (Lipinski definition) is 3. The molecule has 2 rings (SSSR count). The van der Waals surface area contributed by atoms with Crippen molar-refractivity contribution >= 4 is 5.52 Å². The number of pyridine rings is 1. The molecule has 0 amide bonds. The molecule has 0 fully saturated rings. The van der Waals surface area contributed by atoms with Crippen molar-refractivity contribution in [3.8, 4) is 5.75 Å². The van der Waals surface area contributed by atoms with Crippen LogP contribution in [-0.4, -0.2) is 16.5 Å². The number of aromatic amines is 1. The fraction of sp³-hybridized carbons (Fsp3) is 0.111. The highest BCUT2D eigenvalue weighted by molar-refractivity contribution is 5.47. The molecule has 0 aliphatic carbocycles. The lowest BCUT2D eigenvalue weighted by Crippen LogP contribution is -2.24. The summed E-state index contributed by atoms with van der Waals surface area (Å²) in [5, 5.41) is 0. The lowest BCUT2D eigenvalue weighted by atomic mass is 10.3. The maximum atomic E-state index is 11.3. The van der Waals surface area contributed by atoms with E-state index in [0.717, 1.165) is 0 Å². The number of H-pyrrole nitrogens is 1. The van der Waals surface area contributed by atoms with Gasteiger partial charge < -0.3 is 4.74 Å². The number of aromatic nitrogens is 2. The van der Waals surface area contributed by atoms with Crippen molar-refractivity contribution in [2.24, 2.45) is 0 Å². The predicted octanol–water partition coefficient (Wildman–Crippen LogP) is -0.00360. The number of rotatable bonds is 1. The van der Waals surface area contributed by atoms with Gasteiger partial charge in [-0.05, 0) is 12.1 Å². The first-order valence-electron chi connectivity index (χ1n) is 4.00. The van der Waals surface area contributed by atoms with E-state index in [2.05, 4.69) is 4.98 Å². The first-order chi connectivity index (χ1) is 6.70. The molecule has 0 aliphatic rings. The minimum absolute atomic E-state index is 0.403. The van der Waals surface area contributed by atoms with Gasteiger partial charge in [0.2, 0.25) is 0 Å². The Morgan fingerprint density at radius 1 is 1.36 bits per heavy atom. The van der Waals surface area contributed by atoms with E-state index >= 15 is 0 Å². The summed E-state index contributed by atoms with van der Waals surface area (Å²) in [6, 6.07) is 4.69. The molecule has 5 nitrogen and oxygen atoms in total. The molecule has 1 N–H and O–H groups in total. The van der Waals surface area contributed by atoms with Gasteiger partial charge >= 0.3 is 5.69 Å². The fourth-order valence-electron chi connectivity index (χ4n) is 1.24. The van der Waals surface area contributed by atoms with Crippen molar-refractivity contribution in [2.75, 3.05) is 7.11 Å². The number of hydrogen-bond donors (Lipinski definition) is 1. The summed E-state index contributed by atoms with van der Waals surface area (Å²) in [5.41, 5.74) is -0.328. The molecule has 0 spiro atoms. The molecule has 0 bridgehead atoms. The molecule has 14 heavy (non-hydrogen) atoms. The van der Waals surface area contributed by atoms with Gasteiger partial charge in [-0.25, -0.2) is 4.79 Å². The first kappa shape index (κ1) is 8.55. The zero-order valence-electron chi connectivity index (χ0n) is 7.48. The predicted molar refractivity (Wildman–Crippen MR) is 50.8 cm³/mol. The molecule has 72 valence electrons. The molecule has 0 atom stereocenters. The summed E-state index contributed by atoms with van der Waals surface area (Å²) >= 11 is 0. The van der Waals surface area contributed by atoms with Gasteiger partial charge in [0.15, 0.2) is 0 Å². The summed E-state index contributed by atoms with van der Waals surface area (Å²) in [7, 11) is 1.51. The van der Waals surface area contributed by atoms with Gasteiger partial charge in [0.25, 0.3) is 5.56 Å². The molecule has 0 saturated heterocycles. The maximum absolute atomic E-state index is 11.3. The average Bonchev–Trinajstić information content (AvgIpc) is 2.17. The van der Waals surface area contributed by atoms with Crippen molar-refractivity contribution in [3.05, 3.63) is 45.2 Å². The summed E-state index contributed by atoms with van der Waals surface area (Å²) in [6.07, 6.45) is 1.52. The van der Waals surface area contributed by atoms with Crippen LogP contribution in [0.1, 0.15) is 0 Å². The second kappa shape index (κ2) is 3.02. The van der Waals surface area contributed by atoms with Crippen molar-refractivity contribution in [2.45, 2.75) is 0 Å². The van der Waals surface area contributed by atoms with Crippen molar-refractivity contribution < 1.29 is 4.74 Å². The van der Waals surface area contributed by atoms with E-state index in [-0.39, 0.29) is 0 Å². The van der Waals surface area contributed by atoms with Crippen LogP contribution in [0.4, 0.5) is 0 Å². The van der Waals surface area contributed by atoms with E-state index in [1.54, 1.807) is 12.1 Å². The van der Waals surface area contributed by atoms with Gasteiger partial charge in [-0.1, -0.05) is 0 Å². The van der Waals surface area contributed by atoms with E-state index in [0.29, 0.717) is 11.3 Å². The lowest BCUT2D eigenvalue weighted by Gasteiger charge is -2.02. The van der Waals surface area contributed by atoms with Crippen LogP contribution in [-0.2, 0) is 0 Å². The highest BCUT2D eigenvalue weighted by Gasteiger charge is 1.98. The normalized spacial score (nSPS) is 10.4. The number of nitrogens with zero attached hydrogens (tertiary/aromatic N) is 1. The Hall–Kier alpha value is -2.04. The average molecular weight is 192 g/mol. The van der Waals surface area contributed by atoms with E-state index in [9.17, 15) is 9.59 Å². The highest BCUT2D eigenvalue weighted by Crippen LogP contribution is 2.09. The van der Waals surface area contributed by atoms with Gasteiger partial charge in [-0.15, -0.1) is 0 Å². The summed E-state index contributed by atoms with van der Waals surface area (Å²) < 4.78 is 6.28. The molecule has 0 aromatic carbocycles. The topological polar surface area (TPSA) is 63.6 Å². The van der Waals surface area contributed by atoms with E-state index in [1.165, 1.54) is 23.8 Å². The van der Waals surface area contributed by atoms with E-state index in [1.807, 2.05) is 0 Å². The fourth-order valence-corrected chi connectivity index (χ4v) is 1.24. The summed E-state index contributed by atoms with van der Waals surface area (Å²) in [4.78, 5) is 24.4. The number of fused-ring (bicyclic) bond motifs is 1. The molecular weight excluding hydrogens is 184 g/mol. The quantitative estimate of drug-likeness (QED) is 0.691. The van der Waals surface area contributed by atoms with Gasteiger partial charge in [0.1, 0.15) is 5.75 Å². The second-order valence-corrected chi connectivity index (χ2v) is 2.80. The largest absolute Gasteiger partial charge is 0.495 e. The Bertz CT molecular complexity index is 582.